The van der Waals surface area contributed by atoms with E-state index in [2.05, 4.69) is 18.5 Å². The lowest BCUT2D eigenvalue weighted by molar-refractivity contribution is 0.280. The van der Waals surface area contributed by atoms with E-state index in [9.17, 15) is 0 Å². The summed E-state index contributed by atoms with van der Waals surface area (Å²) in [6.07, 6.45) is 2.40. The lowest BCUT2D eigenvalue weighted by Gasteiger charge is -2.19. The minimum Gasteiger partial charge on any atom is -0.392 e. The van der Waals surface area contributed by atoms with Gasteiger partial charge in [-0.1, -0.05) is 6.58 Å². The van der Waals surface area contributed by atoms with Gasteiger partial charge >= 0.3 is 0 Å². The third-order valence-corrected chi connectivity index (χ3v) is 2.19. The topological polar surface area (TPSA) is 23.5 Å². The van der Waals surface area contributed by atoms with E-state index in [4.69, 9.17) is 5.11 Å². The summed E-state index contributed by atoms with van der Waals surface area (Å²) < 4.78 is 0. The quantitative estimate of drug-likeness (QED) is 0.570. The van der Waals surface area contributed by atoms with Gasteiger partial charge in [0.25, 0.3) is 0 Å². The molecular formula is C8H15NO. The van der Waals surface area contributed by atoms with Crippen molar-refractivity contribution in [1.29, 1.82) is 0 Å². The maximum atomic E-state index is 8.79. The summed E-state index contributed by atoms with van der Waals surface area (Å²) in [5.41, 5.74) is 0.958. The number of aliphatic hydroxyl groups is 1. The van der Waals surface area contributed by atoms with E-state index in [0.29, 0.717) is 6.04 Å². The van der Waals surface area contributed by atoms with Crippen molar-refractivity contribution in [2.45, 2.75) is 18.9 Å². The average molecular weight is 141 g/mol. The zero-order valence-corrected chi connectivity index (χ0v) is 6.51. The highest BCUT2D eigenvalue weighted by Gasteiger charge is 2.22. The van der Waals surface area contributed by atoms with Gasteiger partial charge in [0, 0.05) is 6.04 Å². The highest BCUT2D eigenvalue weighted by molar-refractivity contribution is 5.07. The monoisotopic (exact) mass is 141 g/mol. The Balaban J connectivity index is 2.46. The first-order chi connectivity index (χ1) is 4.75. The van der Waals surface area contributed by atoms with E-state index in [0.717, 1.165) is 18.5 Å². The summed E-state index contributed by atoms with van der Waals surface area (Å²) in [6, 6.07) is 0.435. The summed E-state index contributed by atoms with van der Waals surface area (Å²) in [5.74, 6) is 0. The fourth-order valence-corrected chi connectivity index (χ4v) is 1.53. The standard InChI is InChI=1S/C8H15NO/c1-7(6-10)8-4-3-5-9(8)2/h8,10H,1,3-6H2,2H3. The van der Waals surface area contributed by atoms with Crippen LogP contribution in [0, 0.1) is 0 Å². The second kappa shape index (κ2) is 3.17. The number of likely N-dealkylation sites (N-methyl/N-ethyl adjacent to an activating group) is 1. The maximum absolute atomic E-state index is 8.79. The van der Waals surface area contributed by atoms with Crippen LogP contribution in [0.3, 0.4) is 0 Å². The molecule has 0 aromatic heterocycles. The lowest BCUT2D eigenvalue weighted by atomic mass is 10.1. The van der Waals surface area contributed by atoms with Crippen molar-refractivity contribution in [2.75, 3.05) is 20.2 Å². The van der Waals surface area contributed by atoms with Gasteiger partial charge in [0.1, 0.15) is 0 Å². The molecule has 58 valence electrons. The first kappa shape index (κ1) is 7.76. The third-order valence-electron chi connectivity index (χ3n) is 2.19. The molecule has 2 nitrogen and oxygen atoms in total. The molecule has 0 amide bonds. The fourth-order valence-electron chi connectivity index (χ4n) is 1.53. The maximum Gasteiger partial charge on any atom is 0.0654 e. The molecule has 1 aliphatic heterocycles. The normalized spacial score (nSPS) is 27.2. The number of aliphatic hydroxyl groups excluding tert-OH is 1. The second-order valence-electron chi connectivity index (χ2n) is 2.95. The van der Waals surface area contributed by atoms with Gasteiger partial charge in [-0.15, -0.1) is 0 Å². The van der Waals surface area contributed by atoms with E-state index in [-0.39, 0.29) is 6.61 Å². The largest absolute Gasteiger partial charge is 0.392 e. The lowest BCUT2D eigenvalue weighted by Crippen LogP contribution is -2.27. The van der Waals surface area contributed by atoms with Crippen molar-refractivity contribution in [2.24, 2.45) is 0 Å². The third kappa shape index (κ3) is 1.39. The average Bonchev–Trinajstić information content (AvgIpc) is 2.34. The van der Waals surface area contributed by atoms with E-state index in [1.54, 1.807) is 0 Å². The van der Waals surface area contributed by atoms with E-state index < -0.39 is 0 Å². The molecule has 1 N–H and O–H groups in total. The first-order valence-corrected chi connectivity index (χ1v) is 3.74. The number of likely N-dealkylation sites (tertiary alicyclic amines) is 1. The molecule has 1 aliphatic rings. The molecule has 1 atom stereocenters. The van der Waals surface area contributed by atoms with Gasteiger partial charge in [0.2, 0.25) is 0 Å². The molecule has 1 fully saturated rings. The number of hydrogen-bond acceptors (Lipinski definition) is 2. The van der Waals surface area contributed by atoms with Gasteiger partial charge in [-0.2, -0.15) is 0 Å². The van der Waals surface area contributed by atoms with E-state index in [1.165, 1.54) is 6.42 Å². The minimum atomic E-state index is 0.134. The molecule has 2 heteroatoms. The Hall–Kier alpha value is -0.340. The van der Waals surface area contributed by atoms with Crippen molar-refractivity contribution in [3.05, 3.63) is 12.2 Å². The van der Waals surface area contributed by atoms with Gasteiger partial charge in [0.05, 0.1) is 6.61 Å². The number of nitrogens with zero attached hydrogens (tertiary/aromatic N) is 1. The molecule has 1 unspecified atom stereocenters. The predicted molar refractivity (Wildman–Crippen MR) is 41.9 cm³/mol. The summed E-state index contributed by atoms with van der Waals surface area (Å²) in [6.45, 7) is 5.09. The number of hydrogen-bond donors (Lipinski definition) is 1. The van der Waals surface area contributed by atoms with Crippen molar-refractivity contribution in [1.82, 2.24) is 4.90 Å². The van der Waals surface area contributed by atoms with Crippen LogP contribution in [0.1, 0.15) is 12.8 Å². The van der Waals surface area contributed by atoms with Crippen LogP contribution in [0.25, 0.3) is 0 Å². The molecule has 0 aliphatic carbocycles. The van der Waals surface area contributed by atoms with Crippen LogP contribution in [-0.4, -0.2) is 36.2 Å². The van der Waals surface area contributed by atoms with Gasteiger partial charge in [-0.25, -0.2) is 0 Å². The predicted octanol–water partition coefficient (Wildman–Crippen LogP) is 0.629. The van der Waals surface area contributed by atoms with Gasteiger partial charge < -0.3 is 5.11 Å². The molecule has 1 rings (SSSR count). The molecule has 1 saturated heterocycles. The van der Waals surface area contributed by atoms with Crippen LogP contribution in [0.2, 0.25) is 0 Å². The van der Waals surface area contributed by atoms with Crippen molar-refractivity contribution in [3.8, 4) is 0 Å². The van der Waals surface area contributed by atoms with E-state index >= 15 is 0 Å². The highest BCUT2D eigenvalue weighted by atomic mass is 16.3. The zero-order chi connectivity index (χ0) is 7.56. The molecule has 0 aromatic rings. The van der Waals surface area contributed by atoms with Crippen LogP contribution in [0.15, 0.2) is 12.2 Å². The van der Waals surface area contributed by atoms with Gasteiger partial charge in [0.15, 0.2) is 0 Å². The first-order valence-electron chi connectivity index (χ1n) is 3.74. The summed E-state index contributed by atoms with van der Waals surface area (Å²) in [4.78, 5) is 2.25. The van der Waals surface area contributed by atoms with Gasteiger partial charge in [-0.3, -0.25) is 4.90 Å². The molecule has 0 bridgehead atoms. The highest BCUT2D eigenvalue weighted by Crippen LogP contribution is 2.19. The van der Waals surface area contributed by atoms with Crippen molar-refractivity contribution >= 4 is 0 Å². The Bertz CT molecular complexity index is 133. The Labute approximate surface area is 62.2 Å². The molecule has 0 spiro atoms. The van der Waals surface area contributed by atoms with Crippen LogP contribution in [0.5, 0.6) is 0 Å². The second-order valence-corrected chi connectivity index (χ2v) is 2.95. The summed E-state index contributed by atoms with van der Waals surface area (Å²) in [7, 11) is 2.08. The zero-order valence-electron chi connectivity index (χ0n) is 6.51. The molecule has 0 radical (unpaired) electrons. The van der Waals surface area contributed by atoms with Crippen molar-refractivity contribution < 1.29 is 5.11 Å². The van der Waals surface area contributed by atoms with Gasteiger partial charge in [-0.05, 0) is 32.0 Å². The molecule has 0 aromatic carbocycles. The molecular weight excluding hydrogens is 126 g/mol. The Morgan fingerprint density at radius 1 is 1.80 bits per heavy atom. The van der Waals surface area contributed by atoms with Crippen LogP contribution in [0.4, 0.5) is 0 Å². The minimum absolute atomic E-state index is 0.134. The Morgan fingerprint density at radius 3 is 2.90 bits per heavy atom. The van der Waals surface area contributed by atoms with E-state index in [1.807, 2.05) is 0 Å². The SMILES string of the molecule is C=C(CO)C1CCCN1C. The molecule has 1 heterocycles. The molecule has 10 heavy (non-hydrogen) atoms. The number of rotatable bonds is 2. The van der Waals surface area contributed by atoms with Crippen LogP contribution >= 0.6 is 0 Å². The Kier molecular flexibility index (Phi) is 2.46. The molecule has 0 saturated carbocycles. The van der Waals surface area contributed by atoms with Crippen molar-refractivity contribution in [3.63, 3.8) is 0 Å². The van der Waals surface area contributed by atoms with Crippen LogP contribution < -0.4 is 0 Å². The Morgan fingerprint density at radius 2 is 2.50 bits per heavy atom. The smallest absolute Gasteiger partial charge is 0.0654 e. The fraction of sp³-hybridized carbons (Fsp3) is 0.750. The van der Waals surface area contributed by atoms with Crippen LogP contribution in [-0.2, 0) is 0 Å². The summed E-state index contributed by atoms with van der Waals surface area (Å²) >= 11 is 0. The summed E-state index contributed by atoms with van der Waals surface area (Å²) in [5, 5.41) is 8.79.